The van der Waals surface area contributed by atoms with Gasteiger partial charge in [-0.15, -0.1) is 0 Å². The smallest absolute Gasteiger partial charge is 0.153 e. The number of ether oxygens (including phenoxy) is 1. The van der Waals surface area contributed by atoms with E-state index in [9.17, 15) is 8.42 Å². The van der Waals surface area contributed by atoms with Crippen LogP contribution < -0.4 is 9.64 Å². The normalized spacial score (nSPS) is 16.5. The molecule has 176 valence electrons. The number of benzene rings is 1. The Balaban J connectivity index is 1.39. The molecule has 0 unspecified atom stereocenters. The van der Waals surface area contributed by atoms with Gasteiger partial charge in [0, 0.05) is 48.2 Å². The van der Waals surface area contributed by atoms with Gasteiger partial charge in [0.1, 0.15) is 23.4 Å². The van der Waals surface area contributed by atoms with E-state index >= 15 is 0 Å². The van der Waals surface area contributed by atoms with Crippen molar-refractivity contribution in [2.24, 2.45) is 0 Å². The van der Waals surface area contributed by atoms with E-state index in [0.29, 0.717) is 34.4 Å². The fourth-order valence-corrected chi connectivity index (χ4v) is 5.89. The van der Waals surface area contributed by atoms with Crippen LogP contribution in [-0.2, 0) is 9.84 Å². The fraction of sp³-hybridized carbons (Fsp3) is 0.261. The van der Waals surface area contributed by atoms with Crippen molar-refractivity contribution in [3.8, 4) is 17.0 Å². The highest BCUT2D eigenvalue weighted by Crippen LogP contribution is 2.35. The average molecular weight is 518 g/mol. The number of sulfone groups is 1. The summed E-state index contributed by atoms with van der Waals surface area (Å²) < 4.78 is 29.5. The van der Waals surface area contributed by atoms with E-state index in [1.54, 1.807) is 18.6 Å². The molecular formula is C23H21Cl2N5O3S. The van der Waals surface area contributed by atoms with Crippen molar-refractivity contribution >= 4 is 49.8 Å². The second-order valence-corrected chi connectivity index (χ2v) is 11.2. The third-order valence-electron chi connectivity index (χ3n) is 5.83. The molecule has 1 aliphatic rings. The highest BCUT2D eigenvalue weighted by molar-refractivity contribution is 7.91. The Morgan fingerprint density at radius 2 is 1.79 bits per heavy atom. The highest BCUT2D eigenvalue weighted by atomic mass is 35.5. The maximum absolute atomic E-state index is 11.7. The molecule has 0 aliphatic carbocycles. The molecule has 1 atom stereocenters. The minimum atomic E-state index is -2.94. The number of hydrogen-bond donors (Lipinski definition) is 1. The molecule has 3 aromatic heterocycles. The van der Waals surface area contributed by atoms with Crippen LogP contribution >= 0.6 is 23.2 Å². The summed E-state index contributed by atoms with van der Waals surface area (Å²) in [4.78, 5) is 10.5. The molecule has 4 heterocycles. The van der Waals surface area contributed by atoms with Gasteiger partial charge in [-0.1, -0.05) is 23.2 Å². The van der Waals surface area contributed by atoms with Crippen molar-refractivity contribution in [2.45, 2.75) is 13.0 Å². The lowest BCUT2D eigenvalue weighted by atomic mass is 10.1. The van der Waals surface area contributed by atoms with Gasteiger partial charge in [-0.25, -0.2) is 13.4 Å². The number of rotatable bonds is 5. The Morgan fingerprint density at radius 1 is 1.06 bits per heavy atom. The second kappa shape index (κ2) is 9.05. The summed E-state index contributed by atoms with van der Waals surface area (Å²) in [7, 11) is -2.94. The van der Waals surface area contributed by atoms with Gasteiger partial charge < -0.3 is 9.64 Å². The van der Waals surface area contributed by atoms with Gasteiger partial charge in [-0.05, 0) is 37.3 Å². The van der Waals surface area contributed by atoms with Crippen LogP contribution in [0.25, 0.3) is 22.2 Å². The number of anilines is 1. The van der Waals surface area contributed by atoms with Gasteiger partial charge >= 0.3 is 0 Å². The number of H-pyrrole nitrogens is 1. The Bertz CT molecular complexity index is 1420. The van der Waals surface area contributed by atoms with Gasteiger partial charge in [0.2, 0.25) is 0 Å². The second-order valence-electron chi connectivity index (χ2n) is 8.10. The summed E-state index contributed by atoms with van der Waals surface area (Å²) in [5, 5.41) is 9.29. The monoisotopic (exact) mass is 517 g/mol. The van der Waals surface area contributed by atoms with Crippen molar-refractivity contribution in [1.29, 1.82) is 0 Å². The van der Waals surface area contributed by atoms with Gasteiger partial charge in [-0.2, -0.15) is 5.10 Å². The molecule has 1 fully saturated rings. The summed E-state index contributed by atoms with van der Waals surface area (Å²) in [5.74, 6) is 1.70. The lowest BCUT2D eigenvalue weighted by Crippen LogP contribution is -2.40. The number of pyridine rings is 2. The van der Waals surface area contributed by atoms with Gasteiger partial charge in [0.15, 0.2) is 9.84 Å². The first-order valence-electron chi connectivity index (χ1n) is 10.7. The Hall–Kier alpha value is -2.88. The van der Waals surface area contributed by atoms with E-state index < -0.39 is 9.84 Å². The van der Waals surface area contributed by atoms with Crippen LogP contribution in [0.2, 0.25) is 10.0 Å². The molecule has 0 radical (unpaired) electrons. The maximum Gasteiger partial charge on any atom is 0.153 e. The molecule has 0 saturated carbocycles. The Kier molecular flexibility index (Phi) is 6.09. The van der Waals surface area contributed by atoms with Crippen LogP contribution in [0.4, 0.5) is 5.82 Å². The molecule has 0 spiro atoms. The molecule has 1 N–H and O–H groups in total. The molecule has 34 heavy (non-hydrogen) atoms. The van der Waals surface area contributed by atoms with Crippen molar-refractivity contribution in [3.63, 3.8) is 0 Å². The molecule has 5 rings (SSSR count). The summed E-state index contributed by atoms with van der Waals surface area (Å²) in [6.07, 6.45) is 4.45. The molecule has 1 aliphatic heterocycles. The number of aromatic nitrogens is 4. The first-order valence-corrected chi connectivity index (χ1v) is 13.2. The fourth-order valence-electron chi connectivity index (χ4n) is 4.01. The summed E-state index contributed by atoms with van der Waals surface area (Å²) in [6, 6.07) is 9.50. The van der Waals surface area contributed by atoms with E-state index in [0.717, 1.165) is 28.0 Å². The predicted octanol–water partition coefficient (Wildman–Crippen LogP) is 4.70. The molecule has 11 heteroatoms. The molecule has 4 aromatic rings. The minimum absolute atomic E-state index is 0.150. The standard InChI is InChI=1S/C23H21Cl2N5O3S/c1-14(22-18(24)12-26-13-19(22)25)33-16-3-4-20-17(10-16)23(29-28-20)15-2-5-21(27-11-15)30-6-8-34(31,32)9-7-30/h2-5,10-14H,6-9H2,1H3,(H,28,29)/t14-/m1/s1. The average Bonchev–Trinajstić information content (AvgIpc) is 3.22. The van der Waals surface area contributed by atoms with Crippen LogP contribution in [0.3, 0.4) is 0 Å². The summed E-state index contributed by atoms with van der Waals surface area (Å²) in [6.45, 7) is 2.77. The van der Waals surface area contributed by atoms with Crippen molar-refractivity contribution in [3.05, 3.63) is 64.5 Å². The Labute approximate surface area is 206 Å². The van der Waals surface area contributed by atoms with Crippen LogP contribution in [0, 0.1) is 0 Å². The third kappa shape index (κ3) is 4.55. The first-order chi connectivity index (χ1) is 16.3. The van der Waals surface area contributed by atoms with Crippen molar-refractivity contribution in [2.75, 3.05) is 29.5 Å². The largest absolute Gasteiger partial charge is 0.486 e. The minimum Gasteiger partial charge on any atom is -0.486 e. The summed E-state index contributed by atoms with van der Waals surface area (Å²) >= 11 is 12.5. The van der Waals surface area contributed by atoms with Gasteiger partial charge in [0.05, 0.1) is 27.1 Å². The predicted molar refractivity (Wildman–Crippen MR) is 133 cm³/mol. The number of nitrogens with one attached hydrogen (secondary N) is 1. The van der Waals surface area contributed by atoms with Crippen molar-refractivity contribution < 1.29 is 13.2 Å². The molecule has 0 amide bonds. The molecule has 0 bridgehead atoms. The zero-order valence-electron chi connectivity index (χ0n) is 18.2. The van der Waals surface area contributed by atoms with Crippen LogP contribution in [0.5, 0.6) is 5.75 Å². The number of halogens is 2. The zero-order chi connectivity index (χ0) is 23.9. The van der Waals surface area contributed by atoms with Gasteiger partial charge in [0.25, 0.3) is 0 Å². The summed E-state index contributed by atoms with van der Waals surface area (Å²) in [5.41, 5.74) is 3.12. The number of aromatic amines is 1. The highest BCUT2D eigenvalue weighted by Gasteiger charge is 2.23. The molecular weight excluding hydrogens is 497 g/mol. The third-order valence-corrected chi connectivity index (χ3v) is 8.05. The topological polar surface area (TPSA) is 101 Å². The van der Waals surface area contributed by atoms with Crippen LogP contribution in [0.1, 0.15) is 18.6 Å². The number of nitrogens with zero attached hydrogens (tertiary/aromatic N) is 4. The number of fused-ring (bicyclic) bond motifs is 1. The van der Waals surface area contributed by atoms with Crippen LogP contribution in [0.15, 0.2) is 48.9 Å². The molecule has 1 aromatic carbocycles. The van der Waals surface area contributed by atoms with E-state index in [1.807, 2.05) is 42.2 Å². The van der Waals surface area contributed by atoms with Crippen LogP contribution in [-0.4, -0.2) is 53.2 Å². The first kappa shape index (κ1) is 22.9. The molecule has 1 saturated heterocycles. The lowest BCUT2D eigenvalue weighted by molar-refractivity contribution is 0.227. The van der Waals surface area contributed by atoms with E-state index in [4.69, 9.17) is 27.9 Å². The van der Waals surface area contributed by atoms with E-state index in [1.165, 1.54) is 0 Å². The Morgan fingerprint density at radius 3 is 2.47 bits per heavy atom. The number of hydrogen-bond acceptors (Lipinski definition) is 7. The maximum atomic E-state index is 11.7. The lowest BCUT2D eigenvalue weighted by Gasteiger charge is -2.27. The van der Waals surface area contributed by atoms with E-state index in [2.05, 4.69) is 20.2 Å². The van der Waals surface area contributed by atoms with E-state index in [-0.39, 0.29) is 17.6 Å². The quantitative estimate of drug-likeness (QED) is 0.409. The SMILES string of the molecule is C[C@@H](Oc1ccc2[nH]nc(-c3ccc(N4CCS(=O)(=O)CC4)nc3)c2c1)c1c(Cl)cncc1Cl. The van der Waals surface area contributed by atoms with Gasteiger partial charge in [-0.3, -0.25) is 10.1 Å². The zero-order valence-corrected chi connectivity index (χ0v) is 20.5. The molecule has 8 nitrogen and oxygen atoms in total. The van der Waals surface area contributed by atoms with Crippen molar-refractivity contribution in [1.82, 2.24) is 20.2 Å².